The van der Waals surface area contributed by atoms with E-state index in [-0.39, 0.29) is 6.10 Å². The molecule has 1 unspecified atom stereocenters. The van der Waals surface area contributed by atoms with Gasteiger partial charge in [-0.3, -0.25) is 0 Å². The number of rotatable bonds is 4. The Kier molecular flexibility index (Phi) is 13.0. The van der Waals surface area contributed by atoms with Gasteiger partial charge in [-0.1, -0.05) is 0 Å². The van der Waals surface area contributed by atoms with Gasteiger partial charge in [0, 0.05) is 13.2 Å². The fourth-order valence-corrected chi connectivity index (χ4v) is 0.477. The molecule has 0 aliphatic rings. The van der Waals surface area contributed by atoms with E-state index in [1.54, 1.807) is 21.1 Å². The second-order valence-corrected chi connectivity index (χ2v) is 2.78. The summed E-state index contributed by atoms with van der Waals surface area (Å²) in [6, 6.07) is 0.426. The van der Waals surface area contributed by atoms with E-state index in [2.05, 4.69) is 15.1 Å². The van der Waals surface area contributed by atoms with Gasteiger partial charge in [0.1, 0.15) is 0 Å². The van der Waals surface area contributed by atoms with Gasteiger partial charge in [0.05, 0.1) is 19.8 Å². The van der Waals surface area contributed by atoms with Crippen LogP contribution in [0.3, 0.4) is 0 Å². The summed E-state index contributed by atoms with van der Waals surface area (Å²) in [7, 11) is 3.17. The average Bonchev–Trinajstić information content (AvgIpc) is 1.87. The molecule has 0 radical (unpaired) electrons. The number of hydrogen-bond donors (Lipinski definition) is 2. The lowest BCUT2D eigenvalue weighted by Gasteiger charge is -2.01. The van der Waals surface area contributed by atoms with Gasteiger partial charge in [-0.2, -0.15) is 0 Å². The Morgan fingerprint density at radius 2 is 1.75 bits per heavy atom. The summed E-state index contributed by atoms with van der Waals surface area (Å²) in [6.07, 6.45) is -0.324. The predicted octanol–water partition coefficient (Wildman–Crippen LogP) is 0.559. The third-order valence-corrected chi connectivity index (χ3v) is 0.761. The summed E-state index contributed by atoms with van der Waals surface area (Å²) in [4.78, 5) is 4.55. The van der Waals surface area contributed by atoms with Crippen molar-refractivity contribution in [2.24, 2.45) is 0 Å². The number of nitrogens with one attached hydrogen (secondary N) is 1. The second kappa shape index (κ2) is 10.8. The average molecular weight is 179 g/mol. The van der Waals surface area contributed by atoms with E-state index in [0.717, 1.165) is 0 Å². The first-order valence-electron chi connectivity index (χ1n) is 4.00. The Morgan fingerprint density at radius 3 is 1.75 bits per heavy atom. The topological polar surface area (TPSA) is 50.7 Å². The zero-order chi connectivity index (χ0) is 9.98. The molecular formula is C8H21NO3. The Balaban J connectivity index is 0. The minimum Gasteiger partial charge on any atom is -0.391 e. The van der Waals surface area contributed by atoms with Crippen LogP contribution in [0.2, 0.25) is 0 Å². The fraction of sp³-hybridized carbons (Fsp3) is 1.00. The van der Waals surface area contributed by atoms with Crippen molar-refractivity contribution in [1.29, 1.82) is 0 Å². The minimum absolute atomic E-state index is 0.324. The van der Waals surface area contributed by atoms with Crippen LogP contribution in [-0.2, 0) is 9.57 Å². The van der Waals surface area contributed by atoms with Crippen molar-refractivity contribution in [3.8, 4) is 0 Å². The second-order valence-electron chi connectivity index (χ2n) is 2.78. The predicted molar refractivity (Wildman–Crippen MR) is 48.8 cm³/mol. The molecule has 0 bridgehead atoms. The first kappa shape index (κ1) is 14.4. The maximum atomic E-state index is 8.43. The number of hydroxylamine groups is 1. The van der Waals surface area contributed by atoms with Gasteiger partial charge in [-0.25, -0.2) is 5.48 Å². The molecule has 0 rings (SSSR count). The molecule has 0 aliphatic carbocycles. The van der Waals surface area contributed by atoms with Crippen molar-refractivity contribution in [2.75, 3.05) is 20.8 Å². The molecule has 0 aromatic carbocycles. The SMILES string of the molecule is COCC(C)O.CONC(C)C. The molecular weight excluding hydrogens is 158 g/mol. The lowest BCUT2D eigenvalue weighted by Crippen LogP contribution is -2.20. The van der Waals surface area contributed by atoms with Gasteiger partial charge in [0.15, 0.2) is 0 Å². The smallest absolute Gasteiger partial charge is 0.0745 e. The van der Waals surface area contributed by atoms with Gasteiger partial charge >= 0.3 is 0 Å². The molecule has 0 aromatic heterocycles. The molecule has 0 spiro atoms. The highest BCUT2D eigenvalue weighted by atomic mass is 16.6. The summed E-state index contributed by atoms with van der Waals surface area (Å²) in [5.41, 5.74) is 2.71. The van der Waals surface area contributed by atoms with Crippen molar-refractivity contribution in [1.82, 2.24) is 5.48 Å². The number of ether oxygens (including phenoxy) is 1. The van der Waals surface area contributed by atoms with Crippen molar-refractivity contribution in [3.05, 3.63) is 0 Å². The van der Waals surface area contributed by atoms with Crippen LogP contribution in [0, 0.1) is 0 Å². The number of aliphatic hydroxyl groups is 1. The molecule has 4 heteroatoms. The number of aliphatic hydroxyl groups excluding tert-OH is 1. The molecule has 0 aliphatic heterocycles. The van der Waals surface area contributed by atoms with E-state index in [4.69, 9.17) is 5.11 Å². The molecule has 0 saturated carbocycles. The van der Waals surface area contributed by atoms with E-state index in [9.17, 15) is 0 Å². The number of methoxy groups -OCH3 is 1. The maximum Gasteiger partial charge on any atom is 0.0745 e. The van der Waals surface area contributed by atoms with Crippen LogP contribution in [0.15, 0.2) is 0 Å². The summed E-state index contributed by atoms with van der Waals surface area (Å²) in [5.74, 6) is 0. The molecule has 2 N–H and O–H groups in total. The molecule has 12 heavy (non-hydrogen) atoms. The summed E-state index contributed by atoms with van der Waals surface area (Å²) >= 11 is 0. The lowest BCUT2D eigenvalue weighted by molar-refractivity contribution is 0.0711. The van der Waals surface area contributed by atoms with Crippen molar-refractivity contribution >= 4 is 0 Å². The molecule has 0 saturated heterocycles. The van der Waals surface area contributed by atoms with Crippen molar-refractivity contribution in [3.63, 3.8) is 0 Å². The Labute approximate surface area is 74.8 Å². The highest BCUT2D eigenvalue weighted by Crippen LogP contribution is 1.75. The van der Waals surface area contributed by atoms with Gasteiger partial charge in [0.2, 0.25) is 0 Å². The molecule has 0 amide bonds. The molecule has 0 heterocycles. The van der Waals surface area contributed by atoms with Gasteiger partial charge in [-0.15, -0.1) is 0 Å². The maximum absolute atomic E-state index is 8.43. The van der Waals surface area contributed by atoms with Crippen LogP contribution in [0.4, 0.5) is 0 Å². The van der Waals surface area contributed by atoms with Crippen LogP contribution in [0.5, 0.6) is 0 Å². The summed E-state index contributed by atoms with van der Waals surface area (Å²) in [6.45, 7) is 6.15. The van der Waals surface area contributed by atoms with E-state index in [0.29, 0.717) is 12.6 Å². The molecule has 0 fully saturated rings. The van der Waals surface area contributed by atoms with E-state index < -0.39 is 0 Å². The Hall–Kier alpha value is -0.160. The van der Waals surface area contributed by atoms with Crippen LogP contribution in [0.1, 0.15) is 20.8 Å². The van der Waals surface area contributed by atoms with E-state index >= 15 is 0 Å². The quantitative estimate of drug-likeness (QED) is 0.619. The van der Waals surface area contributed by atoms with Crippen molar-refractivity contribution < 1.29 is 14.7 Å². The third kappa shape index (κ3) is 22.5. The van der Waals surface area contributed by atoms with Crippen LogP contribution in [0.25, 0.3) is 0 Å². The molecule has 76 valence electrons. The van der Waals surface area contributed by atoms with Gasteiger partial charge in [-0.05, 0) is 20.8 Å². The normalized spacial score (nSPS) is 12.2. The van der Waals surface area contributed by atoms with Gasteiger partial charge in [0.25, 0.3) is 0 Å². The number of hydrogen-bond acceptors (Lipinski definition) is 4. The van der Waals surface area contributed by atoms with Crippen LogP contribution in [-0.4, -0.2) is 38.1 Å². The summed E-state index contributed by atoms with van der Waals surface area (Å²) in [5, 5.41) is 8.43. The highest BCUT2D eigenvalue weighted by Gasteiger charge is 1.87. The molecule has 4 nitrogen and oxygen atoms in total. The molecule has 1 atom stereocenters. The fourth-order valence-electron chi connectivity index (χ4n) is 0.477. The standard InChI is InChI=1S/C4H11NO.C4H10O2/c1-4(2)5-6-3;1-4(5)3-6-2/h4-5H,1-3H3;4-5H,3H2,1-2H3. The van der Waals surface area contributed by atoms with Crippen LogP contribution >= 0.6 is 0 Å². The lowest BCUT2D eigenvalue weighted by atomic mass is 10.4. The van der Waals surface area contributed by atoms with E-state index in [1.807, 2.05) is 13.8 Å². The largest absolute Gasteiger partial charge is 0.391 e. The van der Waals surface area contributed by atoms with Crippen LogP contribution < -0.4 is 5.48 Å². The monoisotopic (exact) mass is 179 g/mol. The zero-order valence-corrected chi connectivity index (χ0v) is 8.63. The Bertz CT molecular complexity index is 66.7. The first-order valence-corrected chi connectivity index (χ1v) is 4.00. The third-order valence-electron chi connectivity index (χ3n) is 0.761. The highest BCUT2D eigenvalue weighted by molar-refractivity contribution is 4.37. The minimum atomic E-state index is -0.324. The zero-order valence-electron chi connectivity index (χ0n) is 8.63. The van der Waals surface area contributed by atoms with E-state index in [1.165, 1.54) is 0 Å². The van der Waals surface area contributed by atoms with Gasteiger partial charge < -0.3 is 14.7 Å². The Morgan fingerprint density at radius 1 is 1.25 bits per heavy atom. The first-order chi connectivity index (χ1) is 5.54. The summed E-state index contributed by atoms with van der Waals surface area (Å²) < 4.78 is 4.55. The molecule has 0 aromatic rings. The van der Waals surface area contributed by atoms with Crippen molar-refractivity contribution in [2.45, 2.75) is 32.9 Å².